The van der Waals surface area contributed by atoms with E-state index in [1.807, 2.05) is 15.7 Å². The molecule has 6 nitrogen and oxygen atoms in total. The van der Waals surface area contributed by atoms with E-state index in [1.54, 1.807) is 25.2 Å². The predicted molar refractivity (Wildman–Crippen MR) is 112 cm³/mol. The van der Waals surface area contributed by atoms with Gasteiger partial charge in [-0.2, -0.15) is 0 Å². The number of benzene rings is 1. The van der Waals surface area contributed by atoms with Crippen LogP contribution in [0.25, 0.3) is 5.69 Å². The molecule has 7 heteroatoms. The molecule has 0 unspecified atom stereocenters. The van der Waals surface area contributed by atoms with Crippen molar-refractivity contribution in [2.24, 2.45) is 5.92 Å². The molecule has 0 atom stereocenters. The Kier molecular flexibility index (Phi) is 6.44. The van der Waals surface area contributed by atoms with E-state index >= 15 is 0 Å². The van der Waals surface area contributed by atoms with E-state index in [2.05, 4.69) is 37.0 Å². The van der Waals surface area contributed by atoms with Crippen LogP contribution in [0.4, 0.5) is 0 Å². The maximum atomic E-state index is 12.6. The summed E-state index contributed by atoms with van der Waals surface area (Å²) in [7, 11) is 3.57. The summed E-state index contributed by atoms with van der Waals surface area (Å²) in [5.74, 6) is 0.663. The van der Waals surface area contributed by atoms with Crippen molar-refractivity contribution < 1.29 is 9.59 Å². The number of piperidine rings is 1. The smallest absolute Gasteiger partial charge is 0.233 e. The lowest BCUT2D eigenvalue weighted by Crippen LogP contribution is -2.43. The van der Waals surface area contributed by atoms with Gasteiger partial charge in [0.1, 0.15) is 0 Å². The van der Waals surface area contributed by atoms with Crippen molar-refractivity contribution in [1.29, 1.82) is 0 Å². The van der Waals surface area contributed by atoms with Gasteiger partial charge in [-0.15, -0.1) is 0 Å². The third-order valence-corrected chi connectivity index (χ3v) is 6.01. The molecule has 0 bridgehead atoms. The lowest BCUT2D eigenvalue weighted by molar-refractivity contribution is -0.138. The Morgan fingerprint density at radius 1 is 1.14 bits per heavy atom. The third-order valence-electron chi connectivity index (χ3n) is 5.05. The minimum atomic E-state index is 0.0372. The number of aryl methyl sites for hydroxylation is 2. The van der Waals surface area contributed by atoms with Crippen LogP contribution < -0.4 is 0 Å². The summed E-state index contributed by atoms with van der Waals surface area (Å²) in [6.45, 7) is 5.45. The molecule has 0 radical (unpaired) electrons. The number of rotatable bonds is 5. The van der Waals surface area contributed by atoms with Crippen LogP contribution in [0.2, 0.25) is 0 Å². The Hall–Kier alpha value is -2.28. The normalized spacial score (nSPS) is 14.9. The average Bonchev–Trinajstić information content (AvgIpc) is 3.13. The van der Waals surface area contributed by atoms with Gasteiger partial charge in [-0.05, 0) is 49.9 Å². The van der Waals surface area contributed by atoms with Gasteiger partial charge in [0.25, 0.3) is 0 Å². The molecular weight excluding hydrogens is 372 g/mol. The molecule has 1 aromatic carbocycles. The summed E-state index contributed by atoms with van der Waals surface area (Å²) in [6, 6.07) is 6.38. The van der Waals surface area contributed by atoms with E-state index in [4.69, 9.17) is 0 Å². The Morgan fingerprint density at radius 2 is 1.79 bits per heavy atom. The zero-order chi connectivity index (χ0) is 20.3. The van der Waals surface area contributed by atoms with Crippen LogP contribution in [-0.4, -0.2) is 64.1 Å². The number of thioether (sulfide) groups is 1. The van der Waals surface area contributed by atoms with E-state index in [0.29, 0.717) is 18.8 Å². The average molecular weight is 401 g/mol. The van der Waals surface area contributed by atoms with Crippen molar-refractivity contribution in [3.05, 3.63) is 41.7 Å². The van der Waals surface area contributed by atoms with Crippen molar-refractivity contribution >= 4 is 23.6 Å². The van der Waals surface area contributed by atoms with Gasteiger partial charge in [-0.3, -0.25) is 14.2 Å². The molecule has 0 N–H and O–H groups in total. The van der Waals surface area contributed by atoms with E-state index in [-0.39, 0.29) is 17.7 Å². The highest BCUT2D eigenvalue weighted by molar-refractivity contribution is 7.99. The van der Waals surface area contributed by atoms with Crippen LogP contribution in [0.3, 0.4) is 0 Å². The fourth-order valence-electron chi connectivity index (χ4n) is 3.64. The highest BCUT2D eigenvalue weighted by atomic mass is 32.2. The summed E-state index contributed by atoms with van der Waals surface area (Å²) < 4.78 is 2.03. The first-order chi connectivity index (χ1) is 13.3. The summed E-state index contributed by atoms with van der Waals surface area (Å²) in [4.78, 5) is 32.7. The lowest BCUT2D eigenvalue weighted by atomic mass is 9.95. The largest absolute Gasteiger partial charge is 0.349 e. The van der Waals surface area contributed by atoms with Crippen molar-refractivity contribution in [3.63, 3.8) is 0 Å². The standard InChI is InChI=1S/C21H28N4O2S/c1-15-11-16(2)13-18(12-15)25-10-7-22-21(25)28-14-19(26)24-8-5-17(6-9-24)20(27)23(3)4/h7,10-13,17H,5-6,8-9,14H2,1-4H3. The first-order valence-corrected chi connectivity index (χ1v) is 10.6. The van der Waals surface area contributed by atoms with Gasteiger partial charge in [0.05, 0.1) is 5.75 Å². The highest BCUT2D eigenvalue weighted by Gasteiger charge is 2.28. The molecule has 1 aliphatic heterocycles. The molecule has 150 valence electrons. The zero-order valence-electron chi connectivity index (χ0n) is 17.0. The summed E-state index contributed by atoms with van der Waals surface area (Å²) >= 11 is 1.46. The van der Waals surface area contributed by atoms with Crippen molar-refractivity contribution in [2.75, 3.05) is 32.9 Å². The highest BCUT2D eigenvalue weighted by Crippen LogP contribution is 2.24. The molecule has 0 aliphatic carbocycles. The molecule has 2 heterocycles. The van der Waals surface area contributed by atoms with E-state index < -0.39 is 0 Å². The molecule has 0 spiro atoms. The number of hydrogen-bond donors (Lipinski definition) is 0. The molecule has 0 saturated carbocycles. The van der Waals surface area contributed by atoms with Crippen LogP contribution in [0.5, 0.6) is 0 Å². The first kappa shape index (κ1) is 20.5. The fraction of sp³-hybridized carbons (Fsp3) is 0.476. The number of nitrogens with zero attached hydrogens (tertiary/aromatic N) is 4. The predicted octanol–water partition coefficient (Wildman–Crippen LogP) is 2.91. The maximum absolute atomic E-state index is 12.6. The Balaban J connectivity index is 1.58. The number of likely N-dealkylation sites (tertiary alicyclic amines) is 1. The Bertz CT molecular complexity index is 834. The van der Waals surface area contributed by atoms with Gasteiger partial charge in [0.2, 0.25) is 11.8 Å². The van der Waals surface area contributed by atoms with Crippen molar-refractivity contribution in [2.45, 2.75) is 31.8 Å². The van der Waals surface area contributed by atoms with Crippen LogP contribution in [0.1, 0.15) is 24.0 Å². The molecule has 1 aromatic heterocycles. The Labute approximate surface area is 170 Å². The zero-order valence-corrected chi connectivity index (χ0v) is 17.8. The quantitative estimate of drug-likeness (QED) is 0.724. The second-order valence-electron chi connectivity index (χ2n) is 7.60. The number of carbonyl (C=O) groups excluding carboxylic acids is 2. The summed E-state index contributed by atoms with van der Waals surface area (Å²) in [5.41, 5.74) is 3.46. The topological polar surface area (TPSA) is 58.4 Å². The molecule has 3 rings (SSSR count). The van der Waals surface area contributed by atoms with Gasteiger partial charge < -0.3 is 9.80 Å². The molecule has 28 heavy (non-hydrogen) atoms. The summed E-state index contributed by atoms with van der Waals surface area (Å²) in [5, 5.41) is 0.816. The van der Waals surface area contributed by atoms with E-state index in [1.165, 1.54) is 22.9 Å². The number of imidazole rings is 1. The number of aromatic nitrogens is 2. The van der Waals surface area contributed by atoms with Crippen molar-refractivity contribution in [1.82, 2.24) is 19.4 Å². The minimum Gasteiger partial charge on any atom is -0.349 e. The summed E-state index contributed by atoms with van der Waals surface area (Å²) in [6.07, 6.45) is 5.18. The van der Waals surface area contributed by atoms with Gasteiger partial charge >= 0.3 is 0 Å². The lowest BCUT2D eigenvalue weighted by Gasteiger charge is -2.32. The second kappa shape index (κ2) is 8.82. The monoisotopic (exact) mass is 400 g/mol. The molecule has 2 amide bonds. The van der Waals surface area contributed by atoms with Gasteiger partial charge in [-0.25, -0.2) is 4.98 Å². The second-order valence-corrected chi connectivity index (χ2v) is 8.54. The van der Waals surface area contributed by atoms with Gasteiger partial charge in [0.15, 0.2) is 5.16 Å². The molecule has 1 saturated heterocycles. The molecule has 1 aliphatic rings. The number of carbonyl (C=O) groups is 2. The molecule has 1 fully saturated rings. The minimum absolute atomic E-state index is 0.0372. The third kappa shape index (κ3) is 4.76. The SMILES string of the molecule is Cc1cc(C)cc(-n2ccnc2SCC(=O)N2CCC(C(=O)N(C)C)CC2)c1. The van der Waals surface area contributed by atoms with Crippen LogP contribution in [0, 0.1) is 19.8 Å². The fourth-order valence-corrected chi connectivity index (χ4v) is 4.52. The van der Waals surface area contributed by atoms with Crippen LogP contribution >= 0.6 is 11.8 Å². The van der Waals surface area contributed by atoms with E-state index in [0.717, 1.165) is 23.7 Å². The molecule has 2 aromatic rings. The van der Waals surface area contributed by atoms with E-state index in [9.17, 15) is 9.59 Å². The first-order valence-electron chi connectivity index (χ1n) is 9.59. The van der Waals surface area contributed by atoms with Gasteiger partial charge in [0, 0.05) is 51.2 Å². The number of hydrogen-bond acceptors (Lipinski definition) is 4. The number of amides is 2. The Morgan fingerprint density at radius 3 is 2.39 bits per heavy atom. The van der Waals surface area contributed by atoms with Crippen LogP contribution in [-0.2, 0) is 9.59 Å². The molecular formula is C21H28N4O2S. The van der Waals surface area contributed by atoms with Crippen LogP contribution in [0.15, 0.2) is 35.7 Å². The van der Waals surface area contributed by atoms with Crippen molar-refractivity contribution in [3.8, 4) is 5.69 Å². The van der Waals surface area contributed by atoms with Gasteiger partial charge in [-0.1, -0.05) is 17.8 Å². The maximum Gasteiger partial charge on any atom is 0.233 e.